The number of rotatable bonds is 5. The molecule has 1 unspecified atom stereocenters. The first-order chi connectivity index (χ1) is 12.0. The minimum atomic E-state index is -0.0424. The Morgan fingerprint density at radius 2 is 2.00 bits per heavy atom. The quantitative estimate of drug-likeness (QED) is 0.849. The molecule has 3 rings (SSSR count). The molecule has 0 spiro atoms. The van der Waals surface area contributed by atoms with Gasteiger partial charge in [0.1, 0.15) is 0 Å². The maximum absolute atomic E-state index is 13.0. The third kappa shape index (κ3) is 4.68. The van der Waals surface area contributed by atoms with E-state index >= 15 is 0 Å². The van der Waals surface area contributed by atoms with Crippen molar-refractivity contribution in [3.8, 4) is 0 Å². The lowest BCUT2D eigenvalue weighted by molar-refractivity contribution is 0.126. The fourth-order valence-electron chi connectivity index (χ4n) is 3.72. The van der Waals surface area contributed by atoms with E-state index in [1.54, 1.807) is 0 Å². The molecule has 25 heavy (non-hydrogen) atoms. The molecular formula is C20H30ClN3O. The molecule has 1 atom stereocenters. The van der Waals surface area contributed by atoms with Crippen LogP contribution in [0.1, 0.15) is 49.8 Å². The Labute approximate surface area is 156 Å². The average Bonchev–Trinajstić information content (AvgIpc) is 3.40. The van der Waals surface area contributed by atoms with Crippen molar-refractivity contribution in [2.45, 2.75) is 51.6 Å². The van der Waals surface area contributed by atoms with Gasteiger partial charge < -0.3 is 15.1 Å². The molecule has 1 aromatic rings. The third-order valence-corrected chi connectivity index (χ3v) is 6.07. The first kappa shape index (κ1) is 18.5. The van der Waals surface area contributed by atoms with Crippen LogP contribution in [0.3, 0.4) is 0 Å². The first-order valence-corrected chi connectivity index (χ1v) is 9.84. The summed E-state index contributed by atoms with van der Waals surface area (Å²) in [7, 11) is 2.16. The standard InChI is InChI=1S/C20H30ClN3O/c1-14-18(5-4-6-19(14)21)15(2)22-20(25)24(13-16-7-8-16)17-9-11-23(3)12-10-17/h4-6,15-17H,7-13H2,1-3H3,(H,22,25). The number of nitrogens with one attached hydrogen (secondary N) is 1. The molecule has 2 aliphatic rings. The van der Waals surface area contributed by atoms with Crippen molar-refractivity contribution in [1.29, 1.82) is 0 Å². The number of piperidine rings is 1. The van der Waals surface area contributed by atoms with Gasteiger partial charge in [-0.2, -0.15) is 0 Å². The van der Waals surface area contributed by atoms with Crippen molar-refractivity contribution < 1.29 is 4.79 Å². The van der Waals surface area contributed by atoms with E-state index < -0.39 is 0 Å². The van der Waals surface area contributed by atoms with Crippen LogP contribution in [0.15, 0.2) is 18.2 Å². The predicted molar refractivity (Wildman–Crippen MR) is 103 cm³/mol. The summed E-state index contributed by atoms with van der Waals surface area (Å²) in [4.78, 5) is 17.5. The Hall–Kier alpha value is -1.26. The van der Waals surface area contributed by atoms with Crippen LogP contribution >= 0.6 is 11.6 Å². The number of halogens is 1. The molecule has 138 valence electrons. The number of hydrogen-bond donors (Lipinski definition) is 1. The van der Waals surface area contributed by atoms with Gasteiger partial charge in [0.2, 0.25) is 0 Å². The Balaban J connectivity index is 1.68. The maximum atomic E-state index is 13.0. The van der Waals surface area contributed by atoms with Crippen LogP contribution in [0.4, 0.5) is 4.79 Å². The Morgan fingerprint density at radius 1 is 1.32 bits per heavy atom. The predicted octanol–water partition coefficient (Wildman–Crippen LogP) is 4.23. The minimum Gasteiger partial charge on any atom is -0.331 e. The lowest BCUT2D eigenvalue weighted by atomic mass is 10.0. The summed E-state index contributed by atoms with van der Waals surface area (Å²) in [6.45, 7) is 7.10. The van der Waals surface area contributed by atoms with E-state index in [0.29, 0.717) is 12.0 Å². The van der Waals surface area contributed by atoms with E-state index in [-0.39, 0.29) is 12.1 Å². The lowest BCUT2D eigenvalue weighted by Gasteiger charge is -2.38. The lowest BCUT2D eigenvalue weighted by Crippen LogP contribution is -2.51. The highest BCUT2D eigenvalue weighted by Crippen LogP contribution is 2.32. The highest BCUT2D eigenvalue weighted by Gasteiger charge is 2.33. The molecule has 5 heteroatoms. The number of carbonyl (C=O) groups excluding carboxylic acids is 1. The number of hydrogen-bond acceptors (Lipinski definition) is 2. The second kappa shape index (κ2) is 7.96. The maximum Gasteiger partial charge on any atom is 0.318 e. The molecule has 0 aromatic heterocycles. The molecule has 1 aliphatic carbocycles. The Kier molecular flexibility index (Phi) is 5.90. The molecular weight excluding hydrogens is 334 g/mol. The van der Waals surface area contributed by atoms with E-state index in [0.717, 1.165) is 48.6 Å². The summed E-state index contributed by atoms with van der Waals surface area (Å²) >= 11 is 6.24. The van der Waals surface area contributed by atoms with Crippen molar-refractivity contribution in [1.82, 2.24) is 15.1 Å². The van der Waals surface area contributed by atoms with Gasteiger partial charge >= 0.3 is 6.03 Å². The van der Waals surface area contributed by atoms with Crippen LogP contribution in [0.2, 0.25) is 5.02 Å². The normalized spacial score (nSPS) is 20.3. The number of nitrogens with zero attached hydrogens (tertiary/aromatic N) is 2. The molecule has 2 amide bonds. The summed E-state index contributed by atoms with van der Waals surface area (Å²) in [6.07, 6.45) is 4.67. The van der Waals surface area contributed by atoms with Gasteiger partial charge in [-0.05, 0) is 82.8 Å². The highest BCUT2D eigenvalue weighted by atomic mass is 35.5. The van der Waals surface area contributed by atoms with Crippen molar-refractivity contribution >= 4 is 17.6 Å². The number of amides is 2. The zero-order chi connectivity index (χ0) is 18.0. The molecule has 1 saturated carbocycles. The zero-order valence-corrected chi connectivity index (χ0v) is 16.4. The summed E-state index contributed by atoms with van der Waals surface area (Å²) in [5.41, 5.74) is 2.14. The summed E-state index contributed by atoms with van der Waals surface area (Å²) in [6, 6.07) is 6.29. The molecule has 1 saturated heterocycles. The van der Waals surface area contributed by atoms with Crippen LogP contribution in [-0.2, 0) is 0 Å². The van der Waals surface area contributed by atoms with Crippen molar-refractivity contribution in [2.24, 2.45) is 5.92 Å². The van der Waals surface area contributed by atoms with E-state index in [1.807, 2.05) is 32.0 Å². The highest BCUT2D eigenvalue weighted by molar-refractivity contribution is 6.31. The minimum absolute atomic E-state index is 0.0424. The Bertz CT molecular complexity index is 609. The third-order valence-electron chi connectivity index (χ3n) is 5.66. The molecule has 1 aromatic carbocycles. The van der Waals surface area contributed by atoms with Crippen molar-refractivity contribution in [3.05, 3.63) is 34.3 Å². The van der Waals surface area contributed by atoms with Crippen molar-refractivity contribution in [2.75, 3.05) is 26.7 Å². The van der Waals surface area contributed by atoms with Gasteiger partial charge in [0.05, 0.1) is 6.04 Å². The van der Waals surface area contributed by atoms with Crippen LogP contribution in [0, 0.1) is 12.8 Å². The molecule has 4 nitrogen and oxygen atoms in total. The van der Waals surface area contributed by atoms with Crippen LogP contribution in [0.25, 0.3) is 0 Å². The first-order valence-electron chi connectivity index (χ1n) is 9.46. The van der Waals surface area contributed by atoms with Gasteiger partial charge in [0.25, 0.3) is 0 Å². The van der Waals surface area contributed by atoms with Crippen LogP contribution < -0.4 is 5.32 Å². The molecule has 0 bridgehead atoms. The zero-order valence-electron chi connectivity index (χ0n) is 15.6. The molecule has 0 radical (unpaired) electrons. The SMILES string of the molecule is Cc1c(Cl)cccc1C(C)NC(=O)N(CC1CC1)C1CCN(C)CC1. The summed E-state index contributed by atoms with van der Waals surface area (Å²) < 4.78 is 0. The smallest absolute Gasteiger partial charge is 0.318 e. The fourth-order valence-corrected chi connectivity index (χ4v) is 3.90. The van der Waals surface area contributed by atoms with Gasteiger partial charge in [-0.15, -0.1) is 0 Å². The Morgan fingerprint density at radius 3 is 2.64 bits per heavy atom. The fraction of sp³-hybridized carbons (Fsp3) is 0.650. The second-order valence-corrected chi connectivity index (χ2v) is 8.16. The molecule has 1 aliphatic heterocycles. The number of likely N-dealkylation sites (tertiary alicyclic amines) is 1. The second-order valence-electron chi connectivity index (χ2n) is 7.76. The number of carbonyl (C=O) groups is 1. The molecule has 1 heterocycles. The van der Waals surface area contributed by atoms with Gasteiger partial charge in [-0.1, -0.05) is 23.7 Å². The summed E-state index contributed by atoms with van der Waals surface area (Å²) in [5.74, 6) is 0.702. The van der Waals surface area contributed by atoms with E-state index in [1.165, 1.54) is 12.8 Å². The van der Waals surface area contributed by atoms with E-state index in [2.05, 4.69) is 22.2 Å². The van der Waals surface area contributed by atoms with Crippen LogP contribution in [0.5, 0.6) is 0 Å². The topological polar surface area (TPSA) is 35.6 Å². The molecule has 1 N–H and O–H groups in total. The summed E-state index contributed by atoms with van der Waals surface area (Å²) in [5, 5.41) is 3.97. The van der Waals surface area contributed by atoms with E-state index in [4.69, 9.17) is 11.6 Å². The van der Waals surface area contributed by atoms with Gasteiger partial charge in [0.15, 0.2) is 0 Å². The van der Waals surface area contributed by atoms with Crippen LogP contribution in [-0.4, -0.2) is 48.6 Å². The monoisotopic (exact) mass is 363 g/mol. The largest absolute Gasteiger partial charge is 0.331 e. The number of benzene rings is 1. The van der Waals surface area contributed by atoms with Gasteiger partial charge in [0, 0.05) is 17.6 Å². The van der Waals surface area contributed by atoms with Gasteiger partial charge in [-0.3, -0.25) is 0 Å². The molecule has 2 fully saturated rings. The average molecular weight is 364 g/mol. The van der Waals surface area contributed by atoms with Gasteiger partial charge in [-0.25, -0.2) is 4.79 Å². The number of urea groups is 1. The van der Waals surface area contributed by atoms with Crippen molar-refractivity contribution in [3.63, 3.8) is 0 Å². The van der Waals surface area contributed by atoms with E-state index in [9.17, 15) is 4.79 Å².